The van der Waals surface area contributed by atoms with Crippen LogP contribution in [-0.4, -0.2) is 13.3 Å². The molecule has 0 spiro atoms. The topological polar surface area (TPSA) is 101 Å². The molecule has 0 aliphatic heterocycles. The number of allylic oxidation sites excluding steroid dienone is 1. The van der Waals surface area contributed by atoms with Gasteiger partial charge in [-0.1, -0.05) is 29.8 Å². The maximum Gasteiger partial charge on any atom is 0.270 e. The molecule has 0 aliphatic rings. The standard InChI is InChI=1S/C16H12N2O4S/c1-12-5-7-15(8-6-12)23(21,22)16(11-17)10-13-3-2-4-14(9-13)18(19)20/h2-10H,1H3. The molecule has 0 unspecified atom stereocenters. The summed E-state index contributed by atoms with van der Waals surface area (Å²) in [5, 5.41) is 19.9. The van der Waals surface area contributed by atoms with Crippen LogP contribution in [0, 0.1) is 28.4 Å². The molecule has 0 saturated carbocycles. The van der Waals surface area contributed by atoms with E-state index in [1.165, 1.54) is 36.4 Å². The fraction of sp³-hybridized carbons (Fsp3) is 0.0625. The van der Waals surface area contributed by atoms with Gasteiger partial charge < -0.3 is 0 Å². The second-order valence-corrected chi connectivity index (χ2v) is 6.71. The molecule has 23 heavy (non-hydrogen) atoms. The average Bonchev–Trinajstić information content (AvgIpc) is 2.53. The SMILES string of the molecule is Cc1ccc(S(=O)(=O)C(C#N)=Cc2cccc([N+](=O)[O-])c2)cc1. The molecule has 0 aromatic heterocycles. The number of sulfone groups is 1. The molecule has 6 nitrogen and oxygen atoms in total. The number of nitro benzene ring substituents is 1. The number of nitrogens with zero attached hydrogens (tertiary/aromatic N) is 2. The highest BCUT2D eigenvalue weighted by atomic mass is 32.2. The zero-order valence-electron chi connectivity index (χ0n) is 12.1. The van der Waals surface area contributed by atoms with Gasteiger partial charge in [-0.05, 0) is 30.7 Å². The molecule has 7 heteroatoms. The Labute approximate surface area is 133 Å². The van der Waals surface area contributed by atoms with Crippen molar-refractivity contribution in [3.8, 4) is 6.07 Å². The Kier molecular flexibility index (Phi) is 4.57. The number of nitro groups is 1. The molecule has 0 heterocycles. The molecule has 0 atom stereocenters. The number of nitriles is 1. The van der Waals surface area contributed by atoms with Crippen LogP contribution in [0.2, 0.25) is 0 Å². The van der Waals surface area contributed by atoms with Crippen LogP contribution in [0.5, 0.6) is 0 Å². The maximum atomic E-state index is 12.5. The number of rotatable bonds is 4. The minimum Gasteiger partial charge on any atom is -0.258 e. The largest absolute Gasteiger partial charge is 0.270 e. The molecule has 0 aliphatic carbocycles. The highest BCUT2D eigenvalue weighted by Crippen LogP contribution is 2.23. The zero-order valence-corrected chi connectivity index (χ0v) is 12.9. The van der Waals surface area contributed by atoms with Crippen LogP contribution in [-0.2, 0) is 9.84 Å². The first kappa shape index (κ1) is 16.4. The summed E-state index contributed by atoms with van der Waals surface area (Å²) in [6, 6.07) is 13.2. The van der Waals surface area contributed by atoms with E-state index in [2.05, 4.69) is 0 Å². The molecule has 2 aromatic rings. The molecule has 0 amide bonds. The molecule has 116 valence electrons. The van der Waals surface area contributed by atoms with Crippen LogP contribution < -0.4 is 0 Å². The summed E-state index contributed by atoms with van der Waals surface area (Å²) >= 11 is 0. The van der Waals surface area contributed by atoms with Crippen LogP contribution >= 0.6 is 0 Å². The van der Waals surface area contributed by atoms with Crippen molar-refractivity contribution < 1.29 is 13.3 Å². The fourth-order valence-electron chi connectivity index (χ4n) is 1.89. The first-order chi connectivity index (χ1) is 10.8. The number of hydrogen-bond donors (Lipinski definition) is 0. The Balaban J connectivity index is 2.50. The molecule has 0 saturated heterocycles. The second kappa shape index (κ2) is 6.42. The summed E-state index contributed by atoms with van der Waals surface area (Å²) in [5.41, 5.74) is 0.986. The van der Waals surface area contributed by atoms with Crippen molar-refractivity contribution in [1.29, 1.82) is 5.26 Å². The summed E-state index contributed by atoms with van der Waals surface area (Å²) < 4.78 is 24.9. The Morgan fingerprint density at radius 1 is 1.22 bits per heavy atom. The van der Waals surface area contributed by atoms with Gasteiger partial charge in [0.05, 0.1) is 9.82 Å². The lowest BCUT2D eigenvalue weighted by atomic mass is 10.2. The van der Waals surface area contributed by atoms with Crippen LogP contribution in [0.3, 0.4) is 0 Å². The molecule has 0 fully saturated rings. The highest BCUT2D eigenvalue weighted by molar-refractivity contribution is 7.95. The van der Waals surface area contributed by atoms with Gasteiger partial charge in [0.15, 0.2) is 0 Å². The normalized spacial score (nSPS) is 11.7. The van der Waals surface area contributed by atoms with Crippen molar-refractivity contribution in [2.75, 3.05) is 0 Å². The predicted octanol–water partition coefficient (Wildman–Crippen LogP) is 3.24. The average molecular weight is 328 g/mol. The first-order valence-corrected chi connectivity index (χ1v) is 8.01. The summed E-state index contributed by atoms with van der Waals surface area (Å²) in [5.74, 6) is 0. The van der Waals surface area contributed by atoms with Gasteiger partial charge in [0.2, 0.25) is 9.84 Å². The van der Waals surface area contributed by atoms with Crippen molar-refractivity contribution in [3.05, 3.63) is 74.7 Å². The monoisotopic (exact) mass is 328 g/mol. The van der Waals surface area contributed by atoms with Gasteiger partial charge in [-0.2, -0.15) is 5.26 Å². The Morgan fingerprint density at radius 2 is 1.87 bits per heavy atom. The van der Waals surface area contributed by atoms with E-state index in [4.69, 9.17) is 0 Å². The van der Waals surface area contributed by atoms with Gasteiger partial charge in [-0.15, -0.1) is 0 Å². The molecule has 0 bridgehead atoms. The van der Waals surface area contributed by atoms with Crippen LogP contribution in [0.25, 0.3) is 6.08 Å². The van der Waals surface area contributed by atoms with Crippen molar-refractivity contribution in [2.24, 2.45) is 0 Å². The van der Waals surface area contributed by atoms with E-state index in [9.17, 15) is 23.8 Å². The third kappa shape index (κ3) is 3.62. The minimum absolute atomic E-state index is 0.00123. The molecule has 2 aromatic carbocycles. The van der Waals surface area contributed by atoms with Crippen molar-refractivity contribution in [1.82, 2.24) is 0 Å². The van der Waals surface area contributed by atoms with Gasteiger partial charge >= 0.3 is 0 Å². The van der Waals surface area contributed by atoms with E-state index in [1.54, 1.807) is 18.2 Å². The second-order valence-electron chi connectivity index (χ2n) is 4.79. The summed E-state index contributed by atoms with van der Waals surface area (Å²) in [4.78, 5) is 9.71. The smallest absolute Gasteiger partial charge is 0.258 e. The Morgan fingerprint density at radius 3 is 2.43 bits per heavy atom. The zero-order chi connectivity index (χ0) is 17.0. The summed E-state index contributed by atoms with van der Waals surface area (Å²) in [7, 11) is -3.97. The van der Waals surface area contributed by atoms with Crippen molar-refractivity contribution in [3.63, 3.8) is 0 Å². The van der Waals surface area contributed by atoms with Gasteiger partial charge in [0, 0.05) is 12.1 Å². The molecule has 2 rings (SSSR count). The predicted molar refractivity (Wildman–Crippen MR) is 85.1 cm³/mol. The third-order valence-electron chi connectivity index (χ3n) is 3.11. The van der Waals surface area contributed by atoms with E-state index in [0.717, 1.165) is 11.6 Å². The lowest BCUT2D eigenvalue weighted by molar-refractivity contribution is -0.384. The maximum absolute atomic E-state index is 12.5. The van der Waals surface area contributed by atoms with Gasteiger partial charge in [-0.25, -0.2) is 8.42 Å². The molecule has 0 N–H and O–H groups in total. The van der Waals surface area contributed by atoms with Crippen molar-refractivity contribution >= 4 is 21.6 Å². The van der Waals surface area contributed by atoms with Crippen LogP contribution in [0.15, 0.2) is 58.3 Å². The number of non-ortho nitro benzene ring substituents is 1. The van der Waals surface area contributed by atoms with Gasteiger partial charge in [0.1, 0.15) is 11.0 Å². The number of aryl methyl sites for hydroxylation is 1. The van der Waals surface area contributed by atoms with Gasteiger partial charge in [0.25, 0.3) is 5.69 Å². The Hall–Kier alpha value is -2.98. The van der Waals surface area contributed by atoms with Crippen LogP contribution in [0.4, 0.5) is 5.69 Å². The number of benzene rings is 2. The molecular formula is C16H12N2O4S. The van der Waals surface area contributed by atoms with Crippen molar-refractivity contribution in [2.45, 2.75) is 11.8 Å². The molecular weight excluding hydrogens is 316 g/mol. The quantitative estimate of drug-likeness (QED) is 0.487. The Bertz CT molecular complexity index is 923. The lowest BCUT2D eigenvalue weighted by Crippen LogP contribution is -2.03. The lowest BCUT2D eigenvalue weighted by Gasteiger charge is -2.04. The molecule has 0 radical (unpaired) electrons. The summed E-state index contributed by atoms with van der Waals surface area (Å²) in [6.45, 7) is 1.82. The van der Waals surface area contributed by atoms with E-state index >= 15 is 0 Å². The third-order valence-corrected chi connectivity index (χ3v) is 4.79. The first-order valence-electron chi connectivity index (χ1n) is 6.52. The van der Waals surface area contributed by atoms with E-state index in [0.29, 0.717) is 0 Å². The minimum atomic E-state index is -3.97. The summed E-state index contributed by atoms with van der Waals surface area (Å²) in [6.07, 6.45) is 1.13. The van der Waals surface area contributed by atoms with Gasteiger partial charge in [-0.3, -0.25) is 10.1 Å². The van der Waals surface area contributed by atoms with Crippen LogP contribution in [0.1, 0.15) is 11.1 Å². The van der Waals surface area contributed by atoms with E-state index in [1.807, 2.05) is 6.92 Å². The van der Waals surface area contributed by atoms with E-state index in [-0.39, 0.29) is 16.1 Å². The fourth-order valence-corrected chi connectivity index (χ4v) is 3.05. The number of hydrogen-bond acceptors (Lipinski definition) is 5. The highest BCUT2D eigenvalue weighted by Gasteiger charge is 2.20. The van der Waals surface area contributed by atoms with E-state index < -0.39 is 19.7 Å².